The zero-order valence-electron chi connectivity index (χ0n) is 8.89. The summed E-state index contributed by atoms with van der Waals surface area (Å²) in [5.74, 6) is 2.13. The molecule has 0 aromatic rings. The van der Waals surface area contributed by atoms with Crippen molar-refractivity contribution < 1.29 is 0 Å². The van der Waals surface area contributed by atoms with Crippen LogP contribution in [0, 0.1) is 11.8 Å². The Morgan fingerprint density at radius 1 is 1.15 bits per heavy atom. The highest BCUT2D eigenvalue weighted by Gasteiger charge is 2.26. The van der Waals surface area contributed by atoms with E-state index in [-0.39, 0.29) is 0 Å². The minimum atomic E-state index is 1.06. The molecule has 1 fully saturated rings. The molecular weight excluding hydrogens is 156 g/mol. The van der Waals surface area contributed by atoms with Gasteiger partial charge in [0.05, 0.1) is 0 Å². The highest BCUT2D eigenvalue weighted by atomic mass is 14.3. The van der Waals surface area contributed by atoms with Crippen molar-refractivity contribution >= 4 is 0 Å². The van der Waals surface area contributed by atoms with Gasteiger partial charge in [0.15, 0.2) is 0 Å². The lowest BCUT2D eigenvalue weighted by Crippen LogP contribution is -2.22. The predicted molar refractivity (Wildman–Crippen MR) is 59.7 cm³/mol. The Balaban J connectivity index is 0.000000396. The van der Waals surface area contributed by atoms with Crippen molar-refractivity contribution in [3.8, 4) is 0 Å². The van der Waals surface area contributed by atoms with Gasteiger partial charge in [-0.15, -0.1) is 13.2 Å². The maximum absolute atomic E-state index is 3.00. The second-order valence-corrected chi connectivity index (χ2v) is 4.29. The lowest BCUT2D eigenvalue weighted by Gasteiger charge is -2.34. The second-order valence-electron chi connectivity index (χ2n) is 4.29. The van der Waals surface area contributed by atoms with Gasteiger partial charge >= 0.3 is 0 Å². The SMILES string of the molecule is C=C.CC1=CCC2CCCCC2C1. The van der Waals surface area contributed by atoms with Crippen molar-refractivity contribution in [1.82, 2.24) is 0 Å². The van der Waals surface area contributed by atoms with Crippen LogP contribution in [0.5, 0.6) is 0 Å². The van der Waals surface area contributed by atoms with Crippen LogP contribution in [0.4, 0.5) is 0 Å². The first-order valence-electron chi connectivity index (χ1n) is 5.52. The summed E-state index contributed by atoms with van der Waals surface area (Å²) in [5.41, 5.74) is 1.65. The zero-order chi connectivity index (χ0) is 9.68. The molecule has 0 nitrogen and oxygen atoms in total. The van der Waals surface area contributed by atoms with Gasteiger partial charge in [0, 0.05) is 0 Å². The molecule has 0 saturated heterocycles. The molecule has 1 saturated carbocycles. The molecule has 0 heterocycles. The molecule has 0 aromatic heterocycles. The van der Waals surface area contributed by atoms with E-state index in [4.69, 9.17) is 0 Å². The first-order chi connectivity index (χ1) is 6.36. The van der Waals surface area contributed by atoms with Crippen molar-refractivity contribution in [2.75, 3.05) is 0 Å². The Kier molecular flexibility index (Phi) is 4.27. The fourth-order valence-corrected chi connectivity index (χ4v) is 2.71. The van der Waals surface area contributed by atoms with Gasteiger partial charge in [0.1, 0.15) is 0 Å². The van der Waals surface area contributed by atoms with E-state index in [9.17, 15) is 0 Å². The number of fused-ring (bicyclic) bond motifs is 1. The Morgan fingerprint density at radius 3 is 2.46 bits per heavy atom. The summed E-state index contributed by atoms with van der Waals surface area (Å²) >= 11 is 0. The molecule has 0 bridgehead atoms. The number of hydrogen-bond acceptors (Lipinski definition) is 0. The molecule has 0 amide bonds. The fourth-order valence-electron chi connectivity index (χ4n) is 2.71. The maximum atomic E-state index is 3.00. The molecule has 2 aliphatic carbocycles. The van der Waals surface area contributed by atoms with Crippen molar-refractivity contribution in [2.24, 2.45) is 11.8 Å². The van der Waals surface area contributed by atoms with Crippen molar-refractivity contribution in [1.29, 1.82) is 0 Å². The van der Waals surface area contributed by atoms with Crippen LogP contribution in [-0.2, 0) is 0 Å². The van der Waals surface area contributed by atoms with E-state index in [1.165, 1.54) is 38.5 Å². The van der Waals surface area contributed by atoms with Crippen LogP contribution in [0.1, 0.15) is 45.4 Å². The van der Waals surface area contributed by atoms with E-state index in [1.54, 1.807) is 5.57 Å². The summed E-state index contributed by atoms with van der Waals surface area (Å²) in [6, 6.07) is 0. The third-order valence-electron chi connectivity index (χ3n) is 3.42. The van der Waals surface area contributed by atoms with E-state index in [1.807, 2.05) is 0 Å². The van der Waals surface area contributed by atoms with Gasteiger partial charge in [-0.25, -0.2) is 0 Å². The van der Waals surface area contributed by atoms with Gasteiger partial charge in [0.25, 0.3) is 0 Å². The van der Waals surface area contributed by atoms with Gasteiger partial charge in [-0.2, -0.15) is 0 Å². The summed E-state index contributed by atoms with van der Waals surface area (Å²) in [7, 11) is 0. The monoisotopic (exact) mass is 178 g/mol. The van der Waals surface area contributed by atoms with E-state index in [0.717, 1.165) is 11.8 Å². The first-order valence-corrected chi connectivity index (χ1v) is 5.52. The fraction of sp³-hybridized carbons (Fsp3) is 0.692. The average Bonchev–Trinajstić information content (AvgIpc) is 2.21. The van der Waals surface area contributed by atoms with Crippen LogP contribution in [0.2, 0.25) is 0 Å². The van der Waals surface area contributed by atoms with Gasteiger partial charge in [-0.05, 0) is 44.4 Å². The zero-order valence-corrected chi connectivity index (χ0v) is 8.89. The van der Waals surface area contributed by atoms with Gasteiger partial charge in [0.2, 0.25) is 0 Å². The Bertz CT molecular complexity index is 178. The van der Waals surface area contributed by atoms with Gasteiger partial charge in [-0.3, -0.25) is 0 Å². The molecule has 2 aliphatic rings. The molecular formula is C13H22. The quantitative estimate of drug-likeness (QED) is 0.484. The van der Waals surface area contributed by atoms with Crippen LogP contribution < -0.4 is 0 Å². The minimum Gasteiger partial charge on any atom is -0.106 e. The molecule has 74 valence electrons. The molecule has 2 rings (SSSR count). The summed E-state index contributed by atoms with van der Waals surface area (Å²) in [6.45, 7) is 8.30. The largest absolute Gasteiger partial charge is 0.106 e. The number of rotatable bonds is 0. The van der Waals surface area contributed by atoms with Crippen LogP contribution in [0.3, 0.4) is 0 Å². The van der Waals surface area contributed by atoms with E-state index in [0.29, 0.717) is 0 Å². The topological polar surface area (TPSA) is 0 Å². The molecule has 0 aromatic carbocycles. The van der Waals surface area contributed by atoms with E-state index in [2.05, 4.69) is 26.2 Å². The highest BCUT2D eigenvalue weighted by Crippen LogP contribution is 2.39. The normalized spacial score (nSPS) is 32.2. The summed E-state index contributed by atoms with van der Waals surface area (Å²) < 4.78 is 0. The molecule has 0 radical (unpaired) electrons. The standard InChI is InChI=1S/C11H18.C2H4/c1-9-6-7-10-4-2-3-5-11(10)8-9;1-2/h6,10-11H,2-5,7-8H2,1H3;1-2H2. The van der Waals surface area contributed by atoms with Crippen LogP contribution >= 0.6 is 0 Å². The molecule has 2 unspecified atom stereocenters. The summed E-state index contributed by atoms with van der Waals surface area (Å²) in [4.78, 5) is 0. The number of hydrogen-bond donors (Lipinski definition) is 0. The minimum absolute atomic E-state index is 1.06. The third-order valence-corrected chi connectivity index (χ3v) is 3.42. The van der Waals surface area contributed by atoms with Gasteiger partial charge < -0.3 is 0 Å². The molecule has 0 aliphatic heterocycles. The van der Waals surface area contributed by atoms with Crippen molar-refractivity contribution in [3.05, 3.63) is 24.8 Å². The lowest BCUT2D eigenvalue weighted by molar-refractivity contribution is 0.226. The van der Waals surface area contributed by atoms with Crippen LogP contribution in [-0.4, -0.2) is 0 Å². The molecule has 2 atom stereocenters. The summed E-state index contributed by atoms with van der Waals surface area (Å²) in [6.07, 6.45) is 11.3. The lowest BCUT2D eigenvalue weighted by atomic mass is 9.72. The maximum Gasteiger partial charge on any atom is -0.0292 e. The Hall–Kier alpha value is -0.520. The average molecular weight is 178 g/mol. The van der Waals surface area contributed by atoms with E-state index < -0.39 is 0 Å². The number of allylic oxidation sites excluding steroid dienone is 2. The smallest absolute Gasteiger partial charge is 0.0292 e. The van der Waals surface area contributed by atoms with Gasteiger partial charge in [-0.1, -0.05) is 24.5 Å². The van der Waals surface area contributed by atoms with Crippen LogP contribution in [0.25, 0.3) is 0 Å². The molecule has 13 heavy (non-hydrogen) atoms. The van der Waals surface area contributed by atoms with E-state index >= 15 is 0 Å². The second kappa shape index (κ2) is 5.26. The Morgan fingerprint density at radius 2 is 1.77 bits per heavy atom. The third kappa shape index (κ3) is 2.72. The molecule has 0 spiro atoms. The molecule has 0 heteroatoms. The van der Waals surface area contributed by atoms with Crippen LogP contribution in [0.15, 0.2) is 24.8 Å². The summed E-state index contributed by atoms with van der Waals surface area (Å²) in [5, 5.41) is 0. The van der Waals surface area contributed by atoms with Crippen molar-refractivity contribution in [2.45, 2.75) is 45.4 Å². The first kappa shape index (κ1) is 10.6. The predicted octanol–water partition coefficient (Wildman–Crippen LogP) is 4.34. The highest BCUT2D eigenvalue weighted by molar-refractivity contribution is 5.06. The van der Waals surface area contributed by atoms with Crippen molar-refractivity contribution in [3.63, 3.8) is 0 Å². The molecule has 0 N–H and O–H groups in total. The Labute approximate surface area is 82.7 Å².